The molecule has 0 heterocycles. The Balaban J connectivity index is 2.42. The highest BCUT2D eigenvalue weighted by atomic mass is 32.2. The van der Waals surface area contributed by atoms with Crippen LogP contribution in [-0.2, 0) is 0 Å². The van der Waals surface area contributed by atoms with Crippen molar-refractivity contribution in [3.63, 3.8) is 0 Å². The molecule has 0 saturated carbocycles. The van der Waals surface area contributed by atoms with Gasteiger partial charge in [0.2, 0.25) is 0 Å². The smallest absolute Gasteiger partial charge is 0.336 e. The van der Waals surface area contributed by atoms with E-state index in [1.807, 2.05) is 0 Å². The Morgan fingerprint density at radius 2 is 1.94 bits per heavy atom. The summed E-state index contributed by atoms with van der Waals surface area (Å²) in [4.78, 5) is 12.1. The Bertz CT molecular complexity index is 601. The first kappa shape index (κ1) is 12.4. The molecule has 2 rings (SSSR count). The molecule has 2 aromatic carbocycles. The van der Waals surface area contributed by atoms with E-state index in [1.54, 1.807) is 24.3 Å². The minimum atomic E-state index is -1.05. The second-order valence-electron chi connectivity index (χ2n) is 3.59. The molecule has 0 bridgehead atoms. The number of nitrogen functional groups attached to an aromatic ring is 1. The zero-order valence-electron chi connectivity index (χ0n) is 9.26. The van der Waals surface area contributed by atoms with Crippen molar-refractivity contribution in [2.24, 2.45) is 0 Å². The second kappa shape index (κ2) is 5.10. The maximum absolute atomic E-state index is 13.1. The van der Waals surface area contributed by atoms with Crippen molar-refractivity contribution >= 4 is 23.4 Å². The predicted octanol–water partition coefficient (Wildman–Crippen LogP) is 3.26. The average Bonchev–Trinajstić information content (AvgIpc) is 2.31. The molecular weight excluding hydrogens is 253 g/mol. The molecule has 0 aromatic heterocycles. The van der Waals surface area contributed by atoms with Crippen molar-refractivity contribution in [2.75, 3.05) is 5.73 Å². The zero-order chi connectivity index (χ0) is 13.1. The molecule has 0 aliphatic rings. The number of halogens is 1. The Kier molecular flexibility index (Phi) is 3.53. The molecule has 3 nitrogen and oxygen atoms in total. The number of aromatic carboxylic acids is 1. The van der Waals surface area contributed by atoms with E-state index in [1.165, 1.54) is 18.2 Å². The molecule has 0 saturated heterocycles. The van der Waals surface area contributed by atoms with Crippen molar-refractivity contribution in [1.29, 1.82) is 0 Å². The summed E-state index contributed by atoms with van der Waals surface area (Å²) < 4.78 is 13.1. The molecule has 0 aliphatic heterocycles. The molecule has 0 atom stereocenters. The van der Waals surface area contributed by atoms with Crippen molar-refractivity contribution < 1.29 is 14.3 Å². The predicted molar refractivity (Wildman–Crippen MR) is 68.3 cm³/mol. The van der Waals surface area contributed by atoms with Crippen molar-refractivity contribution in [2.45, 2.75) is 9.79 Å². The van der Waals surface area contributed by atoms with Gasteiger partial charge in [0.1, 0.15) is 5.82 Å². The van der Waals surface area contributed by atoms with Crippen molar-refractivity contribution in [3.05, 3.63) is 53.8 Å². The summed E-state index contributed by atoms with van der Waals surface area (Å²) in [5.74, 6) is -1.42. The highest BCUT2D eigenvalue weighted by Crippen LogP contribution is 2.35. The number of carbonyl (C=O) groups is 1. The molecule has 92 valence electrons. The molecule has 3 N–H and O–H groups in total. The summed E-state index contributed by atoms with van der Waals surface area (Å²) in [6.07, 6.45) is 0. The Morgan fingerprint density at radius 3 is 2.61 bits per heavy atom. The van der Waals surface area contributed by atoms with Crippen molar-refractivity contribution in [3.8, 4) is 0 Å². The van der Waals surface area contributed by atoms with Crippen LogP contribution < -0.4 is 5.73 Å². The molecule has 0 aliphatic carbocycles. The van der Waals surface area contributed by atoms with E-state index < -0.39 is 5.97 Å². The zero-order valence-corrected chi connectivity index (χ0v) is 10.1. The maximum Gasteiger partial charge on any atom is 0.336 e. The largest absolute Gasteiger partial charge is 0.478 e. The molecule has 0 radical (unpaired) electrons. The number of carboxylic acids is 1. The summed E-state index contributed by atoms with van der Waals surface area (Å²) in [5, 5.41) is 9.08. The van der Waals surface area contributed by atoms with Crippen LogP contribution in [0.2, 0.25) is 0 Å². The molecule has 2 aromatic rings. The lowest BCUT2D eigenvalue weighted by molar-refractivity contribution is 0.0693. The molecule has 0 amide bonds. The highest BCUT2D eigenvalue weighted by molar-refractivity contribution is 7.99. The minimum Gasteiger partial charge on any atom is -0.478 e. The van der Waals surface area contributed by atoms with Crippen LogP contribution in [0.1, 0.15) is 10.4 Å². The van der Waals surface area contributed by atoms with Crippen LogP contribution in [-0.4, -0.2) is 11.1 Å². The van der Waals surface area contributed by atoms with Crippen LogP contribution in [0.3, 0.4) is 0 Å². The van der Waals surface area contributed by atoms with E-state index in [4.69, 9.17) is 10.8 Å². The molecule has 0 unspecified atom stereocenters. The fourth-order valence-electron chi connectivity index (χ4n) is 1.49. The van der Waals surface area contributed by atoms with E-state index in [0.29, 0.717) is 15.5 Å². The van der Waals surface area contributed by atoms with Crippen LogP contribution in [0.25, 0.3) is 0 Å². The number of hydrogen-bond acceptors (Lipinski definition) is 3. The number of rotatable bonds is 3. The van der Waals surface area contributed by atoms with E-state index >= 15 is 0 Å². The Labute approximate surface area is 107 Å². The standard InChI is InChI=1S/C13H10FNO2S/c14-8-3-1-4-9(7-8)18-12-10(13(16)17)5-2-6-11(12)15/h1-7H,15H2,(H,16,17). The van der Waals surface area contributed by atoms with Gasteiger partial charge in [-0.2, -0.15) is 0 Å². The summed E-state index contributed by atoms with van der Waals surface area (Å²) in [7, 11) is 0. The molecule has 18 heavy (non-hydrogen) atoms. The summed E-state index contributed by atoms with van der Waals surface area (Å²) in [5.41, 5.74) is 6.25. The topological polar surface area (TPSA) is 63.3 Å². The van der Waals surface area contributed by atoms with Gasteiger partial charge in [-0.05, 0) is 30.3 Å². The van der Waals surface area contributed by atoms with Crippen LogP contribution >= 0.6 is 11.8 Å². The number of anilines is 1. The van der Waals surface area contributed by atoms with Crippen LogP contribution in [0, 0.1) is 5.82 Å². The highest BCUT2D eigenvalue weighted by Gasteiger charge is 2.13. The molecular formula is C13H10FNO2S. The lowest BCUT2D eigenvalue weighted by atomic mass is 10.2. The number of nitrogens with two attached hydrogens (primary N) is 1. The molecule has 0 spiro atoms. The Hall–Kier alpha value is -2.01. The monoisotopic (exact) mass is 263 g/mol. The van der Waals surface area contributed by atoms with E-state index in [2.05, 4.69) is 0 Å². The third-order valence-electron chi connectivity index (χ3n) is 2.29. The SMILES string of the molecule is Nc1cccc(C(=O)O)c1Sc1cccc(F)c1. The number of hydrogen-bond donors (Lipinski definition) is 2. The molecule has 0 fully saturated rings. The van der Waals surface area contributed by atoms with Gasteiger partial charge in [0, 0.05) is 15.5 Å². The van der Waals surface area contributed by atoms with Gasteiger partial charge in [-0.3, -0.25) is 0 Å². The first-order valence-corrected chi connectivity index (χ1v) is 5.95. The van der Waals surface area contributed by atoms with Gasteiger partial charge < -0.3 is 10.8 Å². The lowest BCUT2D eigenvalue weighted by Crippen LogP contribution is -2.01. The lowest BCUT2D eigenvalue weighted by Gasteiger charge is -2.08. The minimum absolute atomic E-state index is 0.115. The van der Waals surface area contributed by atoms with Crippen LogP contribution in [0.5, 0.6) is 0 Å². The summed E-state index contributed by atoms with van der Waals surface area (Å²) in [6, 6.07) is 10.6. The van der Waals surface area contributed by atoms with E-state index in [9.17, 15) is 9.18 Å². The first-order chi connectivity index (χ1) is 8.58. The number of benzene rings is 2. The van der Waals surface area contributed by atoms with Gasteiger partial charge in [0.15, 0.2) is 0 Å². The van der Waals surface area contributed by atoms with E-state index in [0.717, 1.165) is 11.8 Å². The van der Waals surface area contributed by atoms with Crippen LogP contribution in [0.4, 0.5) is 10.1 Å². The quantitative estimate of drug-likeness (QED) is 0.834. The summed E-state index contributed by atoms with van der Waals surface area (Å²) in [6.45, 7) is 0. The van der Waals surface area contributed by atoms with Gasteiger partial charge in [-0.1, -0.05) is 23.9 Å². The third kappa shape index (κ3) is 2.62. The summed E-state index contributed by atoms with van der Waals surface area (Å²) >= 11 is 1.14. The fraction of sp³-hybridized carbons (Fsp3) is 0. The van der Waals surface area contributed by atoms with Gasteiger partial charge in [-0.15, -0.1) is 0 Å². The Morgan fingerprint density at radius 1 is 1.22 bits per heavy atom. The average molecular weight is 263 g/mol. The van der Waals surface area contributed by atoms with Gasteiger partial charge in [-0.25, -0.2) is 9.18 Å². The number of carboxylic acid groups (broad SMARTS) is 1. The van der Waals surface area contributed by atoms with Gasteiger partial charge >= 0.3 is 5.97 Å². The second-order valence-corrected chi connectivity index (χ2v) is 4.67. The van der Waals surface area contributed by atoms with Crippen LogP contribution in [0.15, 0.2) is 52.3 Å². The molecule has 5 heteroatoms. The van der Waals surface area contributed by atoms with Gasteiger partial charge in [0.05, 0.1) is 5.56 Å². The maximum atomic E-state index is 13.1. The van der Waals surface area contributed by atoms with Crippen molar-refractivity contribution in [1.82, 2.24) is 0 Å². The fourth-order valence-corrected chi connectivity index (χ4v) is 2.49. The third-order valence-corrected chi connectivity index (χ3v) is 3.44. The van der Waals surface area contributed by atoms with Gasteiger partial charge in [0.25, 0.3) is 0 Å². The van der Waals surface area contributed by atoms with E-state index in [-0.39, 0.29) is 11.4 Å². The normalized spacial score (nSPS) is 10.3. The first-order valence-electron chi connectivity index (χ1n) is 5.13.